The van der Waals surface area contributed by atoms with E-state index < -0.39 is 0 Å². The number of aryl methyl sites for hydroxylation is 2. The van der Waals surface area contributed by atoms with Crippen LogP contribution in [0.4, 0.5) is 5.69 Å². The molecular formula is C14H22N2O. The van der Waals surface area contributed by atoms with E-state index in [2.05, 4.69) is 0 Å². The van der Waals surface area contributed by atoms with Crippen LogP contribution in [0.2, 0.25) is 0 Å². The van der Waals surface area contributed by atoms with Crippen molar-refractivity contribution in [3.8, 4) is 0 Å². The van der Waals surface area contributed by atoms with Gasteiger partial charge in [0.15, 0.2) is 0 Å². The second-order valence-corrected chi connectivity index (χ2v) is 4.56. The quantitative estimate of drug-likeness (QED) is 0.869. The summed E-state index contributed by atoms with van der Waals surface area (Å²) in [4.78, 5) is 14.0. The average molecular weight is 234 g/mol. The second-order valence-electron chi connectivity index (χ2n) is 4.56. The fourth-order valence-corrected chi connectivity index (χ4v) is 2.08. The third kappa shape index (κ3) is 3.30. The minimum atomic E-state index is -0.0964. The Morgan fingerprint density at radius 3 is 2.29 bits per heavy atom. The maximum Gasteiger partial charge on any atom is 0.228 e. The molecule has 1 aromatic carbocycles. The summed E-state index contributed by atoms with van der Waals surface area (Å²) in [5, 5.41) is 0. The van der Waals surface area contributed by atoms with Gasteiger partial charge in [0.25, 0.3) is 0 Å². The molecule has 0 radical (unpaired) electrons. The zero-order valence-corrected chi connectivity index (χ0v) is 11.2. The van der Waals surface area contributed by atoms with Crippen LogP contribution in [0.25, 0.3) is 0 Å². The fourth-order valence-electron chi connectivity index (χ4n) is 2.08. The molecule has 17 heavy (non-hydrogen) atoms. The van der Waals surface area contributed by atoms with Crippen LogP contribution in [0.15, 0.2) is 18.2 Å². The summed E-state index contributed by atoms with van der Waals surface area (Å²) in [6.45, 7) is 8.59. The summed E-state index contributed by atoms with van der Waals surface area (Å²) in [7, 11) is 0. The normalized spacial score (nSPS) is 12.3. The van der Waals surface area contributed by atoms with E-state index in [1.807, 2.05) is 50.8 Å². The smallest absolute Gasteiger partial charge is 0.228 e. The zero-order valence-electron chi connectivity index (χ0n) is 11.2. The van der Waals surface area contributed by atoms with Crippen molar-refractivity contribution in [2.75, 3.05) is 11.4 Å². The summed E-state index contributed by atoms with van der Waals surface area (Å²) >= 11 is 0. The Morgan fingerprint density at radius 2 is 1.88 bits per heavy atom. The first-order valence-electron chi connectivity index (χ1n) is 6.09. The predicted octanol–water partition coefficient (Wildman–Crippen LogP) is 2.39. The number of carbonyl (C=O) groups excluding carboxylic acids is 1. The topological polar surface area (TPSA) is 46.3 Å². The molecule has 0 saturated carbocycles. The van der Waals surface area contributed by atoms with Gasteiger partial charge in [0.1, 0.15) is 0 Å². The van der Waals surface area contributed by atoms with Crippen LogP contribution in [0, 0.1) is 13.8 Å². The molecule has 0 aromatic heterocycles. The van der Waals surface area contributed by atoms with Crippen molar-refractivity contribution in [1.29, 1.82) is 0 Å². The molecule has 1 rings (SSSR count). The van der Waals surface area contributed by atoms with Gasteiger partial charge in [0.2, 0.25) is 5.91 Å². The lowest BCUT2D eigenvalue weighted by Crippen LogP contribution is -2.35. The van der Waals surface area contributed by atoms with Crippen LogP contribution in [0.1, 0.15) is 31.4 Å². The Kier molecular flexibility index (Phi) is 4.70. The molecule has 0 aliphatic rings. The van der Waals surface area contributed by atoms with Crippen molar-refractivity contribution in [2.45, 2.75) is 40.2 Å². The summed E-state index contributed by atoms with van der Waals surface area (Å²) in [6.07, 6.45) is 0.390. The molecule has 1 atom stereocenters. The van der Waals surface area contributed by atoms with Gasteiger partial charge in [-0.2, -0.15) is 0 Å². The van der Waals surface area contributed by atoms with Crippen LogP contribution >= 0.6 is 0 Å². The molecule has 0 spiro atoms. The Bertz CT molecular complexity index is 379. The first-order chi connectivity index (χ1) is 7.97. The van der Waals surface area contributed by atoms with Crippen LogP contribution in [0.3, 0.4) is 0 Å². The monoisotopic (exact) mass is 234 g/mol. The maximum atomic E-state index is 12.1. The van der Waals surface area contributed by atoms with Crippen molar-refractivity contribution >= 4 is 11.6 Å². The van der Waals surface area contributed by atoms with Gasteiger partial charge >= 0.3 is 0 Å². The Labute approximate surface area is 104 Å². The largest absolute Gasteiger partial charge is 0.327 e. The maximum absolute atomic E-state index is 12.1. The highest BCUT2D eigenvalue weighted by molar-refractivity contribution is 5.95. The van der Waals surface area contributed by atoms with Crippen LogP contribution in [-0.4, -0.2) is 18.5 Å². The molecule has 1 aromatic rings. The van der Waals surface area contributed by atoms with Gasteiger partial charge in [-0.3, -0.25) is 4.79 Å². The number of nitrogens with zero attached hydrogens (tertiary/aromatic N) is 1. The van der Waals surface area contributed by atoms with Crippen molar-refractivity contribution in [1.82, 2.24) is 0 Å². The average Bonchev–Trinajstić information content (AvgIpc) is 2.22. The second kappa shape index (κ2) is 5.82. The molecule has 0 fully saturated rings. The number of rotatable bonds is 4. The van der Waals surface area contributed by atoms with Crippen LogP contribution < -0.4 is 10.6 Å². The number of anilines is 1. The summed E-state index contributed by atoms with van der Waals surface area (Å²) in [5.41, 5.74) is 8.98. The molecule has 94 valence electrons. The van der Waals surface area contributed by atoms with Crippen LogP contribution in [0.5, 0.6) is 0 Å². The molecule has 3 nitrogen and oxygen atoms in total. The molecule has 0 bridgehead atoms. The number of carbonyl (C=O) groups is 1. The van der Waals surface area contributed by atoms with Crippen molar-refractivity contribution in [3.05, 3.63) is 29.3 Å². The SMILES string of the molecule is CCN(C(=O)CC(C)N)c1c(C)cccc1C. The molecule has 2 N–H and O–H groups in total. The predicted molar refractivity (Wildman–Crippen MR) is 72.2 cm³/mol. The zero-order chi connectivity index (χ0) is 13.0. The van der Waals surface area contributed by atoms with Crippen molar-refractivity contribution in [3.63, 3.8) is 0 Å². The van der Waals surface area contributed by atoms with E-state index in [0.717, 1.165) is 16.8 Å². The van der Waals surface area contributed by atoms with Crippen molar-refractivity contribution < 1.29 is 4.79 Å². The molecule has 1 amide bonds. The van der Waals surface area contributed by atoms with E-state index in [-0.39, 0.29) is 11.9 Å². The van der Waals surface area contributed by atoms with E-state index >= 15 is 0 Å². The fraction of sp³-hybridized carbons (Fsp3) is 0.500. The van der Waals surface area contributed by atoms with Gasteiger partial charge in [-0.05, 0) is 38.8 Å². The summed E-state index contributed by atoms with van der Waals surface area (Å²) < 4.78 is 0. The van der Waals surface area contributed by atoms with Crippen LogP contribution in [-0.2, 0) is 4.79 Å². The highest BCUT2D eigenvalue weighted by Crippen LogP contribution is 2.25. The molecule has 0 heterocycles. The minimum Gasteiger partial charge on any atom is -0.327 e. The van der Waals surface area contributed by atoms with Gasteiger partial charge in [-0.25, -0.2) is 0 Å². The molecular weight excluding hydrogens is 212 g/mol. The van der Waals surface area contributed by atoms with Gasteiger partial charge in [0, 0.05) is 24.7 Å². The Balaban J connectivity index is 3.05. The van der Waals surface area contributed by atoms with E-state index in [1.165, 1.54) is 0 Å². The number of amides is 1. The van der Waals surface area contributed by atoms with E-state index in [9.17, 15) is 4.79 Å². The lowest BCUT2D eigenvalue weighted by Gasteiger charge is -2.25. The molecule has 0 saturated heterocycles. The number of hydrogen-bond acceptors (Lipinski definition) is 2. The summed E-state index contributed by atoms with van der Waals surface area (Å²) in [6, 6.07) is 5.98. The van der Waals surface area contributed by atoms with Gasteiger partial charge in [-0.15, -0.1) is 0 Å². The highest BCUT2D eigenvalue weighted by Gasteiger charge is 2.18. The lowest BCUT2D eigenvalue weighted by molar-refractivity contribution is -0.118. The lowest BCUT2D eigenvalue weighted by atomic mass is 10.1. The van der Waals surface area contributed by atoms with Gasteiger partial charge in [0.05, 0.1) is 0 Å². The molecule has 0 aliphatic heterocycles. The highest BCUT2D eigenvalue weighted by atomic mass is 16.2. The summed E-state index contributed by atoms with van der Waals surface area (Å²) in [5.74, 6) is 0.0971. The number of hydrogen-bond donors (Lipinski definition) is 1. The third-order valence-corrected chi connectivity index (χ3v) is 2.82. The van der Waals surface area contributed by atoms with E-state index in [1.54, 1.807) is 0 Å². The number of para-hydroxylation sites is 1. The van der Waals surface area contributed by atoms with E-state index in [4.69, 9.17) is 5.73 Å². The van der Waals surface area contributed by atoms with Gasteiger partial charge in [-0.1, -0.05) is 18.2 Å². The molecule has 3 heteroatoms. The Hall–Kier alpha value is -1.35. The van der Waals surface area contributed by atoms with E-state index in [0.29, 0.717) is 13.0 Å². The standard InChI is InChI=1S/C14H22N2O/c1-5-16(13(17)9-12(4)15)14-10(2)7-6-8-11(14)3/h6-8,12H,5,9,15H2,1-4H3. The molecule has 0 aliphatic carbocycles. The number of nitrogens with two attached hydrogens (primary N) is 1. The minimum absolute atomic E-state index is 0.0964. The third-order valence-electron chi connectivity index (χ3n) is 2.82. The Morgan fingerprint density at radius 1 is 1.35 bits per heavy atom. The number of benzene rings is 1. The first-order valence-corrected chi connectivity index (χ1v) is 6.09. The molecule has 1 unspecified atom stereocenters. The first kappa shape index (κ1) is 13.7. The van der Waals surface area contributed by atoms with Gasteiger partial charge < -0.3 is 10.6 Å². The van der Waals surface area contributed by atoms with Crippen molar-refractivity contribution in [2.24, 2.45) is 5.73 Å².